The molecule has 0 saturated carbocycles. The van der Waals surface area contributed by atoms with Gasteiger partial charge in [0.2, 0.25) is 5.88 Å². The second-order valence-electron chi connectivity index (χ2n) is 5.58. The largest absolute Gasteiger partial charge is 0.472 e. The highest BCUT2D eigenvalue weighted by Gasteiger charge is 2.29. The Kier molecular flexibility index (Phi) is 4.74. The molecule has 0 aliphatic carbocycles. The van der Waals surface area contributed by atoms with E-state index in [0.29, 0.717) is 34.6 Å². The second kappa shape index (κ2) is 6.77. The Morgan fingerprint density at radius 1 is 1.30 bits per heavy atom. The van der Waals surface area contributed by atoms with Crippen LogP contribution in [0.15, 0.2) is 36.5 Å². The lowest BCUT2D eigenvalue weighted by atomic mass is 10.2. The van der Waals surface area contributed by atoms with E-state index in [1.165, 1.54) is 0 Å². The maximum atomic E-state index is 12.6. The molecule has 1 atom stereocenters. The number of likely N-dealkylation sites (tertiary alicyclic amines) is 1. The van der Waals surface area contributed by atoms with Gasteiger partial charge < -0.3 is 9.64 Å². The quantitative estimate of drug-likeness (QED) is 0.840. The number of aromatic nitrogens is 1. The van der Waals surface area contributed by atoms with Crippen molar-refractivity contribution in [1.82, 2.24) is 9.88 Å². The van der Waals surface area contributed by atoms with E-state index in [-0.39, 0.29) is 12.0 Å². The molecule has 4 nitrogen and oxygen atoms in total. The van der Waals surface area contributed by atoms with E-state index < -0.39 is 0 Å². The number of carbonyl (C=O) groups excluding carboxylic acids is 1. The Morgan fingerprint density at radius 2 is 2.13 bits per heavy atom. The van der Waals surface area contributed by atoms with Gasteiger partial charge in [-0.2, -0.15) is 0 Å². The summed E-state index contributed by atoms with van der Waals surface area (Å²) in [5.74, 6) is 0.455. The maximum absolute atomic E-state index is 12.6. The number of halogens is 2. The third kappa shape index (κ3) is 3.77. The van der Waals surface area contributed by atoms with Crippen LogP contribution in [0.3, 0.4) is 0 Å². The van der Waals surface area contributed by atoms with Gasteiger partial charge in [-0.15, -0.1) is 0 Å². The van der Waals surface area contributed by atoms with E-state index in [1.54, 1.807) is 29.3 Å². The molecule has 1 amide bonds. The van der Waals surface area contributed by atoms with Crippen LogP contribution in [-0.4, -0.2) is 35.0 Å². The third-order valence-corrected chi connectivity index (χ3v) is 4.33. The average Bonchev–Trinajstić information content (AvgIpc) is 3.00. The number of pyridine rings is 1. The van der Waals surface area contributed by atoms with E-state index in [0.717, 1.165) is 12.0 Å². The number of hydrogen-bond donors (Lipinski definition) is 0. The molecular formula is C17H16Cl2N2O2. The Bertz CT molecular complexity index is 719. The molecule has 6 heteroatoms. The van der Waals surface area contributed by atoms with Crippen LogP contribution in [-0.2, 0) is 0 Å². The fourth-order valence-electron chi connectivity index (χ4n) is 2.54. The number of ether oxygens (including phenoxy) is 1. The molecule has 1 aromatic carbocycles. The summed E-state index contributed by atoms with van der Waals surface area (Å²) in [6, 6.07) is 8.69. The molecule has 1 saturated heterocycles. The van der Waals surface area contributed by atoms with Crippen LogP contribution in [0.1, 0.15) is 22.3 Å². The van der Waals surface area contributed by atoms with Gasteiger partial charge in [0.05, 0.1) is 17.1 Å². The molecule has 0 N–H and O–H groups in total. The van der Waals surface area contributed by atoms with Crippen LogP contribution in [0.4, 0.5) is 0 Å². The number of nitrogens with zero attached hydrogens (tertiary/aromatic N) is 2. The Balaban J connectivity index is 1.66. The first kappa shape index (κ1) is 16.1. The van der Waals surface area contributed by atoms with Crippen LogP contribution < -0.4 is 4.74 Å². The number of aryl methyl sites for hydroxylation is 1. The zero-order valence-corrected chi connectivity index (χ0v) is 14.1. The minimum atomic E-state index is -0.125. The highest BCUT2D eigenvalue weighted by molar-refractivity contribution is 6.35. The first-order valence-corrected chi connectivity index (χ1v) is 8.12. The van der Waals surface area contributed by atoms with E-state index in [2.05, 4.69) is 4.98 Å². The first-order chi connectivity index (χ1) is 11.0. The van der Waals surface area contributed by atoms with Gasteiger partial charge in [-0.1, -0.05) is 29.3 Å². The zero-order valence-electron chi connectivity index (χ0n) is 12.6. The highest BCUT2D eigenvalue weighted by atomic mass is 35.5. The minimum absolute atomic E-state index is 0.0629. The summed E-state index contributed by atoms with van der Waals surface area (Å²) in [5.41, 5.74) is 1.50. The van der Waals surface area contributed by atoms with Gasteiger partial charge in [0.1, 0.15) is 6.10 Å². The van der Waals surface area contributed by atoms with Crippen molar-refractivity contribution in [3.63, 3.8) is 0 Å². The molecule has 2 aromatic rings. The lowest BCUT2D eigenvalue weighted by Crippen LogP contribution is -2.31. The van der Waals surface area contributed by atoms with Crippen LogP contribution in [0.25, 0.3) is 0 Å². The monoisotopic (exact) mass is 350 g/mol. The number of rotatable bonds is 3. The second-order valence-corrected chi connectivity index (χ2v) is 6.42. The SMILES string of the molecule is Cc1ccc(O[C@@H]2CCN(C(=O)c3cc(Cl)ccc3Cl)C2)nc1. The van der Waals surface area contributed by atoms with E-state index in [4.69, 9.17) is 27.9 Å². The summed E-state index contributed by atoms with van der Waals surface area (Å²) in [7, 11) is 0. The van der Waals surface area contributed by atoms with Crippen molar-refractivity contribution < 1.29 is 9.53 Å². The molecule has 1 aromatic heterocycles. The molecule has 0 spiro atoms. The normalized spacial score (nSPS) is 17.3. The predicted octanol–water partition coefficient (Wildman–Crippen LogP) is 3.99. The van der Waals surface area contributed by atoms with Crippen molar-refractivity contribution in [2.75, 3.05) is 13.1 Å². The van der Waals surface area contributed by atoms with Crippen molar-refractivity contribution in [3.8, 4) is 5.88 Å². The van der Waals surface area contributed by atoms with Crippen LogP contribution >= 0.6 is 23.2 Å². The fourth-order valence-corrected chi connectivity index (χ4v) is 2.91. The molecule has 3 rings (SSSR count). The van der Waals surface area contributed by atoms with Gasteiger partial charge in [-0.25, -0.2) is 4.98 Å². The highest BCUT2D eigenvalue weighted by Crippen LogP contribution is 2.24. The van der Waals surface area contributed by atoms with Crippen LogP contribution in [0.5, 0.6) is 5.88 Å². The molecule has 2 heterocycles. The molecule has 1 aliphatic heterocycles. The van der Waals surface area contributed by atoms with Gasteiger partial charge >= 0.3 is 0 Å². The van der Waals surface area contributed by atoms with Crippen molar-refractivity contribution in [2.45, 2.75) is 19.4 Å². The smallest absolute Gasteiger partial charge is 0.255 e. The maximum Gasteiger partial charge on any atom is 0.255 e. The van der Waals surface area contributed by atoms with Gasteiger partial charge in [0.25, 0.3) is 5.91 Å². The minimum Gasteiger partial charge on any atom is -0.472 e. The number of benzene rings is 1. The summed E-state index contributed by atoms with van der Waals surface area (Å²) in [4.78, 5) is 18.5. The summed E-state index contributed by atoms with van der Waals surface area (Å²) >= 11 is 12.1. The van der Waals surface area contributed by atoms with Crippen molar-refractivity contribution in [1.29, 1.82) is 0 Å². The summed E-state index contributed by atoms with van der Waals surface area (Å²) in [6.07, 6.45) is 2.46. The fraction of sp³-hybridized carbons (Fsp3) is 0.294. The third-order valence-electron chi connectivity index (χ3n) is 3.76. The molecule has 0 radical (unpaired) electrons. The Morgan fingerprint density at radius 3 is 2.87 bits per heavy atom. The van der Waals surface area contributed by atoms with E-state index in [1.807, 2.05) is 19.1 Å². The molecule has 0 unspecified atom stereocenters. The molecule has 1 fully saturated rings. The molecular weight excluding hydrogens is 335 g/mol. The van der Waals surface area contributed by atoms with E-state index >= 15 is 0 Å². The lowest BCUT2D eigenvalue weighted by Gasteiger charge is -2.18. The standard InChI is InChI=1S/C17H16Cl2N2O2/c1-11-2-5-16(20-9-11)23-13-6-7-21(10-13)17(22)14-8-12(18)3-4-15(14)19/h2-5,8-9,13H,6-7,10H2,1H3/t13-/m1/s1. The summed E-state index contributed by atoms with van der Waals surface area (Å²) in [5, 5.41) is 0.901. The van der Waals surface area contributed by atoms with E-state index in [9.17, 15) is 4.79 Å². The van der Waals surface area contributed by atoms with Gasteiger partial charge in [0.15, 0.2) is 0 Å². The molecule has 120 valence electrons. The number of amides is 1. The van der Waals surface area contributed by atoms with Gasteiger partial charge in [0, 0.05) is 30.3 Å². The summed E-state index contributed by atoms with van der Waals surface area (Å²) in [6.45, 7) is 3.11. The van der Waals surface area contributed by atoms with Gasteiger partial charge in [-0.3, -0.25) is 4.79 Å². The zero-order chi connectivity index (χ0) is 16.4. The molecule has 23 heavy (non-hydrogen) atoms. The van der Waals surface area contributed by atoms with Gasteiger partial charge in [-0.05, 0) is 30.7 Å². The number of carbonyl (C=O) groups is 1. The van der Waals surface area contributed by atoms with Crippen molar-refractivity contribution >= 4 is 29.1 Å². The Hall–Kier alpha value is -1.78. The molecule has 0 bridgehead atoms. The van der Waals surface area contributed by atoms with Crippen LogP contribution in [0, 0.1) is 6.92 Å². The summed E-state index contributed by atoms with van der Waals surface area (Å²) < 4.78 is 5.84. The first-order valence-electron chi connectivity index (χ1n) is 7.36. The lowest BCUT2D eigenvalue weighted by molar-refractivity contribution is 0.0771. The Labute approximate surface area is 145 Å². The predicted molar refractivity (Wildman–Crippen MR) is 90.4 cm³/mol. The molecule has 1 aliphatic rings. The topological polar surface area (TPSA) is 42.4 Å². The van der Waals surface area contributed by atoms with Crippen molar-refractivity contribution in [3.05, 3.63) is 57.7 Å². The van der Waals surface area contributed by atoms with Crippen molar-refractivity contribution in [2.24, 2.45) is 0 Å². The van der Waals surface area contributed by atoms with Crippen LogP contribution in [0.2, 0.25) is 10.0 Å². The number of hydrogen-bond acceptors (Lipinski definition) is 3. The average molecular weight is 351 g/mol.